The van der Waals surface area contributed by atoms with Crippen LogP contribution in [0.5, 0.6) is 0 Å². The number of hydrogen-bond donors (Lipinski definition) is 1. The van der Waals surface area contributed by atoms with Gasteiger partial charge in [-0.25, -0.2) is 0 Å². The summed E-state index contributed by atoms with van der Waals surface area (Å²) in [6.07, 6.45) is 1.94. The van der Waals surface area contributed by atoms with Gasteiger partial charge in [-0.15, -0.1) is 10.2 Å². The molecule has 1 N–H and O–H groups in total. The van der Waals surface area contributed by atoms with Crippen LogP contribution in [0, 0.1) is 5.92 Å². The fourth-order valence-electron chi connectivity index (χ4n) is 2.40. The second-order valence-electron chi connectivity index (χ2n) is 5.68. The molecule has 1 aromatic heterocycles. The highest BCUT2D eigenvalue weighted by Gasteiger charge is 2.37. The van der Waals surface area contributed by atoms with Gasteiger partial charge < -0.3 is 14.4 Å². The van der Waals surface area contributed by atoms with Crippen molar-refractivity contribution < 1.29 is 14.6 Å². The third-order valence-corrected chi connectivity index (χ3v) is 4.23. The molecule has 2 heterocycles. The lowest BCUT2D eigenvalue weighted by Gasteiger charge is -2.24. The topological polar surface area (TPSA) is 77.2 Å². The molecule has 0 bridgehead atoms. The van der Waals surface area contributed by atoms with Gasteiger partial charge in [-0.1, -0.05) is 25.6 Å². The van der Waals surface area contributed by atoms with E-state index in [-0.39, 0.29) is 5.75 Å². The Labute approximate surface area is 122 Å². The number of thioether (sulfide) groups is 1. The Morgan fingerprint density at radius 2 is 2.30 bits per heavy atom. The van der Waals surface area contributed by atoms with Crippen molar-refractivity contribution >= 4 is 17.7 Å². The van der Waals surface area contributed by atoms with Crippen molar-refractivity contribution in [1.82, 2.24) is 14.8 Å². The van der Waals surface area contributed by atoms with Crippen LogP contribution in [0.15, 0.2) is 5.16 Å². The maximum atomic E-state index is 10.7. The molecule has 20 heavy (non-hydrogen) atoms. The van der Waals surface area contributed by atoms with E-state index in [0.717, 1.165) is 31.8 Å². The SMILES string of the molecule is CC(C)Cn1c(SCC(=O)O)nnc1C1(C)CCCO1. The Morgan fingerprint density at radius 3 is 2.85 bits per heavy atom. The Hall–Kier alpha value is -1.08. The lowest BCUT2D eigenvalue weighted by Crippen LogP contribution is -2.26. The Morgan fingerprint density at radius 1 is 1.55 bits per heavy atom. The minimum atomic E-state index is -0.848. The van der Waals surface area contributed by atoms with E-state index in [1.807, 2.05) is 11.5 Å². The lowest BCUT2D eigenvalue weighted by atomic mass is 10.0. The summed E-state index contributed by atoms with van der Waals surface area (Å²) in [6, 6.07) is 0. The van der Waals surface area contributed by atoms with Gasteiger partial charge in [0, 0.05) is 13.2 Å². The van der Waals surface area contributed by atoms with E-state index in [4.69, 9.17) is 9.84 Å². The smallest absolute Gasteiger partial charge is 0.313 e. The van der Waals surface area contributed by atoms with Crippen LogP contribution in [0.25, 0.3) is 0 Å². The summed E-state index contributed by atoms with van der Waals surface area (Å²) in [5.41, 5.74) is -0.399. The first-order valence-corrected chi connectivity index (χ1v) is 7.83. The molecule has 7 heteroatoms. The van der Waals surface area contributed by atoms with Crippen LogP contribution in [0.4, 0.5) is 0 Å². The Bertz CT molecular complexity index is 481. The van der Waals surface area contributed by atoms with E-state index in [2.05, 4.69) is 24.0 Å². The van der Waals surface area contributed by atoms with Gasteiger partial charge in [-0.05, 0) is 25.7 Å². The van der Waals surface area contributed by atoms with Crippen LogP contribution < -0.4 is 0 Å². The number of carboxylic acid groups (broad SMARTS) is 1. The third kappa shape index (κ3) is 3.32. The van der Waals surface area contributed by atoms with E-state index in [0.29, 0.717) is 11.1 Å². The van der Waals surface area contributed by atoms with Crippen LogP contribution in [0.3, 0.4) is 0 Å². The molecule has 1 aliphatic heterocycles. The Kier molecular flexibility index (Phi) is 4.70. The van der Waals surface area contributed by atoms with E-state index in [1.165, 1.54) is 11.8 Å². The van der Waals surface area contributed by atoms with E-state index in [9.17, 15) is 4.79 Å². The summed E-state index contributed by atoms with van der Waals surface area (Å²) in [6.45, 7) is 7.78. The highest BCUT2D eigenvalue weighted by Crippen LogP contribution is 2.36. The molecule has 2 rings (SSSR count). The molecule has 1 aromatic rings. The number of carboxylic acids is 1. The molecule has 1 saturated heterocycles. The highest BCUT2D eigenvalue weighted by atomic mass is 32.2. The fraction of sp³-hybridized carbons (Fsp3) is 0.769. The molecule has 1 fully saturated rings. The summed E-state index contributed by atoms with van der Waals surface area (Å²) in [5, 5.41) is 17.9. The number of aromatic nitrogens is 3. The fourth-order valence-corrected chi connectivity index (χ4v) is 3.07. The number of carbonyl (C=O) groups is 1. The van der Waals surface area contributed by atoms with Gasteiger partial charge in [0.2, 0.25) is 0 Å². The van der Waals surface area contributed by atoms with Crippen molar-refractivity contribution in [3.05, 3.63) is 5.82 Å². The molecule has 0 aromatic carbocycles. The van der Waals surface area contributed by atoms with Gasteiger partial charge in [-0.2, -0.15) is 0 Å². The molecule has 1 unspecified atom stereocenters. The minimum absolute atomic E-state index is 0.00615. The molecule has 0 radical (unpaired) electrons. The average molecular weight is 299 g/mol. The maximum Gasteiger partial charge on any atom is 0.313 e. The molecule has 112 valence electrons. The molecule has 1 atom stereocenters. The first-order valence-electron chi connectivity index (χ1n) is 6.84. The minimum Gasteiger partial charge on any atom is -0.481 e. The largest absolute Gasteiger partial charge is 0.481 e. The molecular weight excluding hydrogens is 278 g/mol. The lowest BCUT2D eigenvalue weighted by molar-refractivity contribution is -0.133. The normalized spacial score (nSPS) is 22.6. The predicted octanol–water partition coefficient (Wildman–Crippen LogP) is 2.14. The van der Waals surface area contributed by atoms with Crippen molar-refractivity contribution in [2.75, 3.05) is 12.4 Å². The van der Waals surface area contributed by atoms with Crippen molar-refractivity contribution in [2.45, 2.75) is 50.9 Å². The number of ether oxygens (including phenoxy) is 1. The number of aliphatic carboxylic acids is 1. The van der Waals surface area contributed by atoms with Gasteiger partial charge >= 0.3 is 5.97 Å². The molecule has 0 saturated carbocycles. The number of nitrogens with zero attached hydrogens (tertiary/aromatic N) is 3. The molecule has 0 amide bonds. The molecule has 0 spiro atoms. The zero-order valence-corrected chi connectivity index (χ0v) is 12.9. The highest BCUT2D eigenvalue weighted by molar-refractivity contribution is 7.99. The quantitative estimate of drug-likeness (QED) is 0.811. The molecule has 6 nitrogen and oxygen atoms in total. The molecule has 1 aliphatic rings. The first-order chi connectivity index (χ1) is 9.42. The number of hydrogen-bond acceptors (Lipinski definition) is 5. The van der Waals surface area contributed by atoms with Crippen molar-refractivity contribution in [3.8, 4) is 0 Å². The molecule has 0 aliphatic carbocycles. The summed E-state index contributed by atoms with van der Waals surface area (Å²) in [4.78, 5) is 10.7. The third-order valence-electron chi connectivity index (χ3n) is 3.28. The van der Waals surface area contributed by atoms with Crippen LogP contribution >= 0.6 is 11.8 Å². The summed E-state index contributed by atoms with van der Waals surface area (Å²) in [5.74, 6) is 0.392. The number of rotatable bonds is 6. The van der Waals surface area contributed by atoms with Crippen LogP contribution in [-0.2, 0) is 21.7 Å². The Balaban J connectivity index is 2.29. The van der Waals surface area contributed by atoms with E-state index in [1.54, 1.807) is 0 Å². The van der Waals surface area contributed by atoms with Crippen LogP contribution in [-0.4, -0.2) is 38.2 Å². The van der Waals surface area contributed by atoms with E-state index < -0.39 is 11.6 Å². The van der Waals surface area contributed by atoms with Gasteiger partial charge in [0.25, 0.3) is 0 Å². The van der Waals surface area contributed by atoms with Gasteiger partial charge in [0.15, 0.2) is 11.0 Å². The maximum absolute atomic E-state index is 10.7. The standard InChI is InChI=1S/C13H21N3O3S/c1-9(2)7-16-11(13(3)5-4-6-19-13)14-15-12(16)20-8-10(17)18/h9H,4-8H2,1-3H3,(H,17,18). The predicted molar refractivity (Wildman–Crippen MR) is 75.8 cm³/mol. The monoisotopic (exact) mass is 299 g/mol. The zero-order valence-electron chi connectivity index (χ0n) is 12.1. The zero-order chi connectivity index (χ0) is 14.8. The summed E-state index contributed by atoms with van der Waals surface area (Å²) in [7, 11) is 0. The van der Waals surface area contributed by atoms with Crippen LogP contribution in [0.2, 0.25) is 0 Å². The van der Waals surface area contributed by atoms with Gasteiger partial charge in [-0.3, -0.25) is 4.79 Å². The average Bonchev–Trinajstić information content (AvgIpc) is 2.94. The second-order valence-corrected chi connectivity index (χ2v) is 6.62. The van der Waals surface area contributed by atoms with Crippen molar-refractivity contribution in [2.24, 2.45) is 5.92 Å². The van der Waals surface area contributed by atoms with E-state index >= 15 is 0 Å². The summed E-state index contributed by atoms with van der Waals surface area (Å²) >= 11 is 1.21. The molecular formula is C13H21N3O3S. The first kappa shape index (κ1) is 15.3. The second kappa shape index (κ2) is 6.13. The van der Waals surface area contributed by atoms with Crippen molar-refractivity contribution in [1.29, 1.82) is 0 Å². The van der Waals surface area contributed by atoms with Crippen molar-refractivity contribution in [3.63, 3.8) is 0 Å². The summed E-state index contributed by atoms with van der Waals surface area (Å²) < 4.78 is 7.86. The van der Waals surface area contributed by atoms with Crippen LogP contribution in [0.1, 0.15) is 39.4 Å². The van der Waals surface area contributed by atoms with Gasteiger partial charge in [0.1, 0.15) is 5.60 Å². The van der Waals surface area contributed by atoms with Gasteiger partial charge in [0.05, 0.1) is 5.75 Å².